The quantitative estimate of drug-likeness (QED) is 0.667. The summed E-state index contributed by atoms with van der Waals surface area (Å²) in [6.07, 6.45) is 0.519. The number of benzene rings is 1. The predicted molar refractivity (Wildman–Crippen MR) is 87.9 cm³/mol. The SMILES string of the molecule is CC(C)(C)NC(Cc1ccc([N+](=O)[O-])cc1)C(=O)C(C)(C)C. The van der Waals surface area contributed by atoms with Crippen LogP contribution < -0.4 is 5.32 Å². The van der Waals surface area contributed by atoms with Crippen molar-refractivity contribution in [2.24, 2.45) is 5.41 Å². The van der Waals surface area contributed by atoms with Gasteiger partial charge in [0.2, 0.25) is 0 Å². The number of ketones is 1. The second-order valence-electron chi connectivity index (χ2n) is 7.69. The molecule has 22 heavy (non-hydrogen) atoms. The molecule has 5 heteroatoms. The van der Waals surface area contributed by atoms with Crippen LogP contribution >= 0.6 is 0 Å². The number of nitro groups is 1. The van der Waals surface area contributed by atoms with E-state index in [4.69, 9.17) is 0 Å². The van der Waals surface area contributed by atoms with Gasteiger partial charge in [-0.1, -0.05) is 32.9 Å². The molecule has 0 amide bonds. The molecule has 1 aromatic rings. The molecule has 0 saturated carbocycles. The van der Waals surface area contributed by atoms with E-state index in [0.29, 0.717) is 6.42 Å². The standard InChI is InChI=1S/C17H26N2O3/c1-16(2,3)15(20)14(18-17(4,5)6)11-12-7-9-13(10-8-12)19(21)22/h7-10,14,18H,11H2,1-6H3. The summed E-state index contributed by atoms with van der Waals surface area (Å²) >= 11 is 0. The maximum atomic E-state index is 12.7. The minimum atomic E-state index is -0.441. The average molecular weight is 306 g/mol. The van der Waals surface area contributed by atoms with E-state index in [-0.39, 0.29) is 23.1 Å². The number of nitrogens with one attached hydrogen (secondary N) is 1. The number of hydrogen-bond donors (Lipinski definition) is 1. The van der Waals surface area contributed by atoms with E-state index >= 15 is 0 Å². The fraction of sp³-hybridized carbons (Fsp3) is 0.588. The topological polar surface area (TPSA) is 72.2 Å². The molecule has 0 spiro atoms. The summed E-state index contributed by atoms with van der Waals surface area (Å²) in [6, 6.07) is 6.06. The predicted octanol–water partition coefficient (Wildman–Crippen LogP) is 3.51. The van der Waals surface area contributed by atoms with Crippen molar-refractivity contribution < 1.29 is 9.72 Å². The van der Waals surface area contributed by atoms with Gasteiger partial charge < -0.3 is 5.32 Å². The third-order valence-corrected chi connectivity index (χ3v) is 3.25. The first-order chi connectivity index (χ1) is 9.90. The Morgan fingerprint density at radius 3 is 2.00 bits per heavy atom. The van der Waals surface area contributed by atoms with Gasteiger partial charge in [0.25, 0.3) is 5.69 Å². The molecule has 1 atom stereocenters. The molecule has 0 saturated heterocycles. The van der Waals surface area contributed by atoms with Gasteiger partial charge in [0.05, 0.1) is 11.0 Å². The number of non-ortho nitro benzene ring substituents is 1. The van der Waals surface area contributed by atoms with Crippen molar-refractivity contribution in [2.75, 3.05) is 0 Å². The van der Waals surface area contributed by atoms with E-state index < -0.39 is 10.3 Å². The van der Waals surface area contributed by atoms with Crippen molar-refractivity contribution >= 4 is 11.5 Å². The summed E-state index contributed by atoms with van der Waals surface area (Å²) in [7, 11) is 0. The summed E-state index contributed by atoms with van der Waals surface area (Å²) in [5.74, 6) is 0.140. The molecule has 5 nitrogen and oxygen atoms in total. The molecule has 0 aliphatic heterocycles. The van der Waals surface area contributed by atoms with E-state index in [0.717, 1.165) is 5.56 Å². The highest BCUT2D eigenvalue weighted by atomic mass is 16.6. The zero-order chi connectivity index (χ0) is 17.1. The van der Waals surface area contributed by atoms with Crippen molar-refractivity contribution in [1.29, 1.82) is 0 Å². The van der Waals surface area contributed by atoms with Crippen LogP contribution in [0.4, 0.5) is 5.69 Å². The van der Waals surface area contributed by atoms with Gasteiger partial charge in [-0.2, -0.15) is 0 Å². The number of Topliss-reactive ketones (excluding diaryl/α,β-unsaturated/α-hetero) is 1. The van der Waals surface area contributed by atoms with E-state index in [1.165, 1.54) is 12.1 Å². The largest absolute Gasteiger partial charge is 0.302 e. The van der Waals surface area contributed by atoms with Crippen LogP contribution in [-0.2, 0) is 11.2 Å². The molecule has 0 heterocycles. The highest BCUT2D eigenvalue weighted by Crippen LogP contribution is 2.21. The number of rotatable bonds is 5. The number of nitro benzene ring substituents is 1. The van der Waals surface area contributed by atoms with E-state index in [9.17, 15) is 14.9 Å². The first-order valence-corrected chi connectivity index (χ1v) is 7.45. The molecule has 0 aromatic heterocycles. The molecule has 0 aliphatic rings. The molecule has 0 bridgehead atoms. The summed E-state index contributed by atoms with van der Waals surface area (Å²) in [5, 5.41) is 14.1. The Kier molecular flexibility index (Phi) is 5.46. The molecule has 0 aliphatic carbocycles. The molecule has 1 N–H and O–H groups in total. The Hall–Kier alpha value is -1.75. The van der Waals surface area contributed by atoms with Gasteiger partial charge >= 0.3 is 0 Å². The molecule has 1 unspecified atom stereocenters. The lowest BCUT2D eigenvalue weighted by atomic mass is 9.83. The Morgan fingerprint density at radius 1 is 1.14 bits per heavy atom. The number of hydrogen-bond acceptors (Lipinski definition) is 4. The molecule has 0 radical (unpaired) electrons. The maximum Gasteiger partial charge on any atom is 0.269 e. The van der Waals surface area contributed by atoms with Crippen LogP contribution in [0, 0.1) is 15.5 Å². The Labute approximate surface area is 132 Å². The molecule has 1 rings (SSSR count). The normalized spacial score (nSPS) is 13.7. The minimum absolute atomic E-state index is 0.0613. The van der Waals surface area contributed by atoms with E-state index in [1.807, 2.05) is 41.5 Å². The lowest BCUT2D eigenvalue weighted by Gasteiger charge is -2.32. The third kappa shape index (κ3) is 5.56. The van der Waals surface area contributed by atoms with Crippen LogP contribution in [0.15, 0.2) is 24.3 Å². The summed E-state index contributed by atoms with van der Waals surface area (Å²) in [6.45, 7) is 11.8. The van der Waals surface area contributed by atoms with Crippen LogP contribution in [0.5, 0.6) is 0 Å². The maximum absolute atomic E-state index is 12.7. The van der Waals surface area contributed by atoms with Gasteiger partial charge in [-0.05, 0) is 32.8 Å². The Balaban J connectivity index is 2.97. The summed E-state index contributed by atoms with van der Waals surface area (Å²) < 4.78 is 0. The zero-order valence-corrected chi connectivity index (χ0v) is 14.3. The third-order valence-electron chi connectivity index (χ3n) is 3.25. The molecule has 1 aromatic carbocycles. The van der Waals surface area contributed by atoms with Gasteiger partial charge in [0.15, 0.2) is 5.78 Å². The van der Waals surface area contributed by atoms with Crippen LogP contribution in [0.25, 0.3) is 0 Å². The van der Waals surface area contributed by atoms with Crippen molar-refractivity contribution in [3.63, 3.8) is 0 Å². The van der Waals surface area contributed by atoms with Crippen molar-refractivity contribution in [3.8, 4) is 0 Å². The lowest BCUT2D eigenvalue weighted by molar-refractivity contribution is -0.384. The fourth-order valence-corrected chi connectivity index (χ4v) is 2.24. The van der Waals surface area contributed by atoms with E-state index in [1.54, 1.807) is 12.1 Å². The second kappa shape index (κ2) is 6.57. The van der Waals surface area contributed by atoms with Crippen molar-refractivity contribution in [1.82, 2.24) is 5.32 Å². The molecule has 122 valence electrons. The Morgan fingerprint density at radius 2 is 1.64 bits per heavy atom. The smallest absolute Gasteiger partial charge is 0.269 e. The number of carbonyl (C=O) groups excluding carboxylic acids is 1. The van der Waals surface area contributed by atoms with Gasteiger partial charge in [0.1, 0.15) is 0 Å². The number of carbonyl (C=O) groups is 1. The molecular weight excluding hydrogens is 280 g/mol. The average Bonchev–Trinajstić information content (AvgIpc) is 2.35. The van der Waals surface area contributed by atoms with Crippen molar-refractivity contribution in [3.05, 3.63) is 39.9 Å². The molecular formula is C17H26N2O3. The first-order valence-electron chi connectivity index (χ1n) is 7.45. The highest BCUT2D eigenvalue weighted by Gasteiger charge is 2.32. The van der Waals surface area contributed by atoms with Crippen LogP contribution in [0.3, 0.4) is 0 Å². The number of nitrogens with zero attached hydrogens (tertiary/aromatic N) is 1. The van der Waals surface area contributed by atoms with Gasteiger partial charge in [-0.25, -0.2) is 0 Å². The van der Waals surface area contributed by atoms with Crippen molar-refractivity contribution in [2.45, 2.75) is 59.5 Å². The monoisotopic (exact) mass is 306 g/mol. The van der Waals surface area contributed by atoms with Crippen LogP contribution in [0.1, 0.15) is 47.1 Å². The van der Waals surface area contributed by atoms with Crippen LogP contribution in [-0.4, -0.2) is 22.3 Å². The highest BCUT2D eigenvalue weighted by molar-refractivity contribution is 5.89. The van der Waals surface area contributed by atoms with Gasteiger partial charge in [-0.15, -0.1) is 0 Å². The van der Waals surface area contributed by atoms with Gasteiger partial charge in [-0.3, -0.25) is 14.9 Å². The van der Waals surface area contributed by atoms with Gasteiger partial charge in [0, 0.05) is 23.1 Å². The second-order valence-corrected chi connectivity index (χ2v) is 7.69. The fourth-order valence-electron chi connectivity index (χ4n) is 2.24. The minimum Gasteiger partial charge on any atom is -0.302 e. The summed E-state index contributed by atoms with van der Waals surface area (Å²) in [4.78, 5) is 22.9. The van der Waals surface area contributed by atoms with E-state index in [2.05, 4.69) is 5.32 Å². The Bertz CT molecular complexity index is 537. The summed E-state index contributed by atoms with van der Waals surface area (Å²) in [5.41, 5.74) is 0.340. The first kappa shape index (κ1) is 18.3. The molecule has 0 fully saturated rings. The van der Waals surface area contributed by atoms with Crippen LogP contribution in [0.2, 0.25) is 0 Å². The zero-order valence-electron chi connectivity index (χ0n) is 14.3. The lowest BCUT2D eigenvalue weighted by Crippen LogP contribution is -2.51.